The van der Waals surface area contributed by atoms with Gasteiger partial charge in [-0.15, -0.1) is 0 Å². The Bertz CT molecular complexity index is 343. The molecule has 16 heavy (non-hydrogen) atoms. The number of carbonyl (C=O) groups excluding carboxylic acids is 1. The number of amides is 1. The lowest BCUT2D eigenvalue weighted by Crippen LogP contribution is -2.34. The Morgan fingerprint density at radius 3 is 2.38 bits per heavy atom. The summed E-state index contributed by atoms with van der Waals surface area (Å²) in [6.45, 7) is 4.51. The molecule has 0 bridgehead atoms. The predicted molar refractivity (Wildman–Crippen MR) is 66.3 cm³/mol. The highest BCUT2D eigenvalue weighted by Gasteiger charge is 2.08. The Morgan fingerprint density at radius 2 is 1.88 bits per heavy atom. The van der Waals surface area contributed by atoms with E-state index in [0.717, 1.165) is 0 Å². The van der Waals surface area contributed by atoms with Gasteiger partial charge < -0.3 is 10.2 Å². The number of nitrogens with zero attached hydrogens (tertiary/aromatic N) is 1. The minimum Gasteiger partial charge on any atom is -0.348 e. The molecule has 0 aliphatic carbocycles. The van der Waals surface area contributed by atoms with Crippen LogP contribution in [0.4, 0.5) is 0 Å². The molecule has 0 spiro atoms. The smallest absolute Gasteiger partial charge is 0.236 e. The van der Waals surface area contributed by atoms with Crippen molar-refractivity contribution in [1.29, 1.82) is 0 Å². The zero-order chi connectivity index (χ0) is 12.1. The van der Waals surface area contributed by atoms with Crippen LogP contribution in [0, 0.1) is 6.92 Å². The van der Waals surface area contributed by atoms with Crippen LogP contribution >= 0.6 is 0 Å². The monoisotopic (exact) mass is 220 g/mol. The van der Waals surface area contributed by atoms with Crippen LogP contribution < -0.4 is 5.32 Å². The lowest BCUT2D eigenvalue weighted by molar-refractivity contribution is -0.127. The van der Waals surface area contributed by atoms with E-state index in [4.69, 9.17) is 0 Å². The Hall–Kier alpha value is -1.35. The molecule has 0 aliphatic heterocycles. The van der Waals surface area contributed by atoms with E-state index >= 15 is 0 Å². The van der Waals surface area contributed by atoms with E-state index in [2.05, 4.69) is 43.4 Å². The highest BCUT2D eigenvalue weighted by molar-refractivity contribution is 5.77. The minimum absolute atomic E-state index is 0.0963. The molecule has 1 atom stereocenters. The largest absolute Gasteiger partial charge is 0.348 e. The summed E-state index contributed by atoms with van der Waals surface area (Å²) in [6, 6.07) is 8.55. The van der Waals surface area contributed by atoms with E-state index < -0.39 is 0 Å². The van der Waals surface area contributed by atoms with Crippen LogP contribution in [-0.4, -0.2) is 31.4 Å². The maximum absolute atomic E-state index is 11.4. The maximum atomic E-state index is 11.4. The van der Waals surface area contributed by atoms with Gasteiger partial charge in [-0.3, -0.25) is 4.79 Å². The summed E-state index contributed by atoms with van der Waals surface area (Å²) >= 11 is 0. The topological polar surface area (TPSA) is 32.3 Å². The maximum Gasteiger partial charge on any atom is 0.236 e. The first-order valence-electron chi connectivity index (χ1n) is 5.51. The number of nitrogens with one attached hydrogen (secondary N) is 1. The summed E-state index contributed by atoms with van der Waals surface area (Å²) in [6.07, 6.45) is 0. The quantitative estimate of drug-likeness (QED) is 0.838. The van der Waals surface area contributed by atoms with Gasteiger partial charge in [0.25, 0.3) is 0 Å². The minimum atomic E-state index is 0.0963. The van der Waals surface area contributed by atoms with Crippen LogP contribution in [0.5, 0.6) is 0 Å². The summed E-state index contributed by atoms with van der Waals surface area (Å²) in [5, 5.41) is 3.21. The van der Waals surface area contributed by atoms with Crippen molar-refractivity contribution in [2.45, 2.75) is 19.9 Å². The Balaban J connectivity index is 2.49. The number of rotatable bonds is 4. The van der Waals surface area contributed by atoms with Crippen LogP contribution in [0.1, 0.15) is 24.1 Å². The van der Waals surface area contributed by atoms with Gasteiger partial charge >= 0.3 is 0 Å². The SMILES string of the molecule is Cc1ccc([C@H](C)NCC(=O)N(C)C)cc1. The first-order valence-corrected chi connectivity index (χ1v) is 5.51. The van der Waals surface area contributed by atoms with E-state index in [9.17, 15) is 4.79 Å². The molecule has 0 aliphatic rings. The molecule has 1 amide bonds. The summed E-state index contributed by atoms with van der Waals surface area (Å²) in [5.41, 5.74) is 2.46. The second kappa shape index (κ2) is 5.66. The van der Waals surface area contributed by atoms with Crippen molar-refractivity contribution < 1.29 is 4.79 Å². The summed E-state index contributed by atoms with van der Waals surface area (Å²) < 4.78 is 0. The molecule has 0 aromatic heterocycles. The number of benzene rings is 1. The number of hydrogen-bond donors (Lipinski definition) is 1. The van der Waals surface area contributed by atoms with Crippen molar-refractivity contribution in [2.75, 3.05) is 20.6 Å². The molecule has 3 heteroatoms. The fourth-order valence-corrected chi connectivity index (χ4v) is 1.37. The van der Waals surface area contributed by atoms with Crippen LogP contribution in [0.15, 0.2) is 24.3 Å². The van der Waals surface area contributed by atoms with Gasteiger partial charge in [-0.1, -0.05) is 29.8 Å². The van der Waals surface area contributed by atoms with Crippen molar-refractivity contribution in [2.24, 2.45) is 0 Å². The Kier molecular flexibility index (Phi) is 4.50. The first kappa shape index (κ1) is 12.7. The molecule has 0 radical (unpaired) electrons. The molecule has 1 rings (SSSR count). The van der Waals surface area contributed by atoms with Crippen molar-refractivity contribution in [3.8, 4) is 0 Å². The zero-order valence-corrected chi connectivity index (χ0v) is 10.4. The Labute approximate surface area is 97.5 Å². The standard InChI is InChI=1S/C13H20N2O/c1-10-5-7-12(8-6-10)11(2)14-9-13(16)15(3)4/h5-8,11,14H,9H2,1-4H3/t11-/m0/s1. The molecule has 88 valence electrons. The van der Waals surface area contributed by atoms with E-state index in [1.165, 1.54) is 11.1 Å². The number of carbonyl (C=O) groups is 1. The van der Waals surface area contributed by atoms with E-state index in [-0.39, 0.29) is 11.9 Å². The van der Waals surface area contributed by atoms with Crippen molar-refractivity contribution in [3.05, 3.63) is 35.4 Å². The van der Waals surface area contributed by atoms with Gasteiger partial charge in [0.2, 0.25) is 5.91 Å². The molecule has 1 aromatic carbocycles. The predicted octanol–water partition coefficient (Wildman–Crippen LogP) is 1.73. The normalized spacial score (nSPS) is 12.2. The third kappa shape index (κ3) is 3.66. The lowest BCUT2D eigenvalue weighted by atomic mass is 10.1. The molecule has 0 fully saturated rings. The van der Waals surface area contributed by atoms with E-state index in [1.54, 1.807) is 19.0 Å². The summed E-state index contributed by atoms with van der Waals surface area (Å²) in [5.74, 6) is 0.0963. The van der Waals surface area contributed by atoms with Gasteiger partial charge in [0.15, 0.2) is 0 Å². The molecule has 1 aromatic rings. The van der Waals surface area contributed by atoms with Crippen molar-refractivity contribution >= 4 is 5.91 Å². The van der Waals surface area contributed by atoms with E-state index in [0.29, 0.717) is 6.54 Å². The zero-order valence-electron chi connectivity index (χ0n) is 10.4. The summed E-state index contributed by atoms with van der Waals surface area (Å²) in [7, 11) is 3.53. The molecule has 0 unspecified atom stereocenters. The third-order valence-corrected chi connectivity index (χ3v) is 2.64. The Morgan fingerprint density at radius 1 is 1.31 bits per heavy atom. The van der Waals surface area contributed by atoms with Crippen LogP contribution in [0.3, 0.4) is 0 Å². The van der Waals surface area contributed by atoms with Gasteiger partial charge in [-0.05, 0) is 19.4 Å². The van der Waals surface area contributed by atoms with Gasteiger partial charge in [0.05, 0.1) is 6.54 Å². The molecule has 3 nitrogen and oxygen atoms in total. The fourth-order valence-electron chi connectivity index (χ4n) is 1.37. The van der Waals surface area contributed by atoms with Gasteiger partial charge in [-0.25, -0.2) is 0 Å². The summed E-state index contributed by atoms with van der Waals surface area (Å²) in [4.78, 5) is 13.0. The van der Waals surface area contributed by atoms with Crippen molar-refractivity contribution in [1.82, 2.24) is 10.2 Å². The molecule has 0 heterocycles. The molecule has 0 saturated carbocycles. The molecular formula is C13H20N2O. The van der Waals surface area contributed by atoms with Crippen LogP contribution in [0.2, 0.25) is 0 Å². The van der Waals surface area contributed by atoms with Gasteiger partial charge in [0.1, 0.15) is 0 Å². The average molecular weight is 220 g/mol. The third-order valence-electron chi connectivity index (χ3n) is 2.64. The van der Waals surface area contributed by atoms with Gasteiger partial charge in [0, 0.05) is 20.1 Å². The second-order valence-corrected chi connectivity index (χ2v) is 4.30. The van der Waals surface area contributed by atoms with Crippen LogP contribution in [-0.2, 0) is 4.79 Å². The molecule has 0 saturated heterocycles. The molecule has 1 N–H and O–H groups in total. The first-order chi connectivity index (χ1) is 7.50. The van der Waals surface area contributed by atoms with E-state index in [1.807, 2.05) is 0 Å². The fraction of sp³-hybridized carbons (Fsp3) is 0.462. The highest BCUT2D eigenvalue weighted by atomic mass is 16.2. The van der Waals surface area contributed by atoms with Gasteiger partial charge in [-0.2, -0.15) is 0 Å². The second-order valence-electron chi connectivity index (χ2n) is 4.30. The molecular weight excluding hydrogens is 200 g/mol. The number of likely N-dealkylation sites (N-methyl/N-ethyl adjacent to an activating group) is 1. The van der Waals surface area contributed by atoms with Crippen molar-refractivity contribution in [3.63, 3.8) is 0 Å². The lowest BCUT2D eigenvalue weighted by Gasteiger charge is -2.16. The highest BCUT2D eigenvalue weighted by Crippen LogP contribution is 2.12. The average Bonchev–Trinajstić information content (AvgIpc) is 2.26. The number of aryl methyl sites for hydroxylation is 1. The van der Waals surface area contributed by atoms with Crippen LogP contribution in [0.25, 0.3) is 0 Å². The number of hydrogen-bond acceptors (Lipinski definition) is 2.